The van der Waals surface area contributed by atoms with Crippen molar-refractivity contribution in [1.82, 2.24) is 9.88 Å². The van der Waals surface area contributed by atoms with E-state index in [1.54, 1.807) is 4.90 Å². The molecule has 47 heavy (non-hydrogen) atoms. The van der Waals surface area contributed by atoms with E-state index >= 15 is 0 Å². The van der Waals surface area contributed by atoms with Crippen LogP contribution in [-0.2, 0) is 9.47 Å². The van der Waals surface area contributed by atoms with Gasteiger partial charge in [-0.05, 0) is 63.2 Å². The average molecular weight is 674 g/mol. The van der Waals surface area contributed by atoms with Crippen LogP contribution in [0.15, 0.2) is 67.2 Å². The summed E-state index contributed by atoms with van der Waals surface area (Å²) in [4.78, 5) is 33.6. The van der Waals surface area contributed by atoms with Crippen molar-refractivity contribution in [3.8, 4) is 5.75 Å². The van der Waals surface area contributed by atoms with Crippen LogP contribution in [0.2, 0.25) is 0 Å². The Labute approximate surface area is 279 Å². The maximum Gasteiger partial charge on any atom is 0.410 e. The van der Waals surface area contributed by atoms with E-state index in [2.05, 4.69) is 46.9 Å². The SMILES string of the molecule is C=C(F)C(=C)OC.CCC.COc1ccc(C(=O)c2sc(Nc3ccc(N4CCN(C(=O)OC(C)(C)C)CC4)cc3)nc2N)cc1F. The number of nitrogens with zero attached hydrogens (tertiary/aromatic N) is 3. The van der Waals surface area contributed by atoms with Gasteiger partial charge in [0.15, 0.2) is 22.5 Å². The number of piperazine rings is 1. The molecule has 1 aliphatic rings. The summed E-state index contributed by atoms with van der Waals surface area (Å²) in [6.07, 6.45) is 0.962. The molecule has 1 amide bonds. The fourth-order valence-electron chi connectivity index (χ4n) is 3.95. The molecule has 0 atom stereocenters. The van der Waals surface area contributed by atoms with Gasteiger partial charge in [0.05, 0.1) is 14.2 Å². The molecule has 0 saturated carbocycles. The summed E-state index contributed by atoms with van der Waals surface area (Å²) in [7, 11) is 2.70. The molecule has 1 aliphatic heterocycles. The van der Waals surface area contributed by atoms with Gasteiger partial charge in [-0.15, -0.1) is 0 Å². The summed E-state index contributed by atoms with van der Waals surface area (Å²) in [5.41, 5.74) is 7.45. The third-order valence-corrected chi connectivity index (χ3v) is 7.22. The molecule has 1 aromatic heterocycles. The molecule has 2 heterocycles. The Bertz CT molecular complexity index is 1510. The minimum absolute atomic E-state index is 0.0139. The smallest absolute Gasteiger partial charge is 0.410 e. The van der Waals surface area contributed by atoms with Crippen LogP contribution in [0.5, 0.6) is 5.75 Å². The minimum Gasteiger partial charge on any atom is -0.494 e. The predicted molar refractivity (Wildman–Crippen MR) is 185 cm³/mol. The lowest BCUT2D eigenvalue weighted by atomic mass is 10.1. The Hall–Kier alpha value is -4.65. The number of carbonyl (C=O) groups excluding carboxylic acids is 2. The fourth-order valence-corrected chi connectivity index (χ4v) is 4.82. The van der Waals surface area contributed by atoms with Gasteiger partial charge < -0.3 is 35.1 Å². The number of hydrogen-bond donors (Lipinski definition) is 2. The van der Waals surface area contributed by atoms with Crippen LogP contribution in [0, 0.1) is 5.82 Å². The zero-order chi connectivity index (χ0) is 35.3. The van der Waals surface area contributed by atoms with Gasteiger partial charge in [-0.3, -0.25) is 4.79 Å². The first-order valence-corrected chi connectivity index (χ1v) is 15.8. The molecule has 4 rings (SSSR count). The highest BCUT2D eigenvalue weighted by atomic mass is 32.1. The zero-order valence-corrected chi connectivity index (χ0v) is 28.9. The highest BCUT2D eigenvalue weighted by Gasteiger charge is 2.26. The largest absolute Gasteiger partial charge is 0.494 e. The summed E-state index contributed by atoms with van der Waals surface area (Å²) in [6, 6.07) is 11.8. The lowest BCUT2D eigenvalue weighted by molar-refractivity contribution is 0.0240. The first kappa shape index (κ1) is 38.5. The van der Waals surface area contributed by atoms with Crippen molar-refractivity contribution in [2.24, 2.45) is 0 Å². The van der Waals surface area contributed by atoms with Gasteiger partial charge in [-0.25, -0.2) is 18.6 Å². The highest BCUT2D eigenvalue weighted by molar-refractivity contribution is 7.18. The van der Waals surface area contributed by atoms with Crippen LogP contribution in [0.3, 0.4) is 0 Å². The number of thiazole rings is 1. The van der Waals surface area contributed by atoms with Gasteiger partial charge in [-0.2, -0.15) is 0 Å². The third kappa shape index (κ3) is 11.9. The molecule has 0 radical (unpaired) electrons. The number of nitrogen functional groups attached to an aromatic ring is 1. The molecule has 0 spiro atoms. The molecular weight excluding hydrogens is 628 g/mol. The predicted octanol–water partition coefficient (Wildman–Crippen LogP) is 7.95. The Morgan fingerprint density at radius 2 is 1.64 bits per heavy atom. The second kappa shape index (κ2) is 17.9. The van der Waals surface area contributed by atoms with E-state index in [0.29, 0.717) is 31.3 Å². The number of nitrogens with one attached hydrogen (secondary N) is 1. The fraction of sp³-hybridized carbons (Fsp3) is 0.382. The number of nitrogens with two attached hydrogens (primary N) is 1. The second-order valence-electron chi connectivity index (χ2n) is 11.3. The number of ketones is 1. The lowest BCUT2D eigenvalue weighted by Crippen LogP contribution is -2.50. The number of benzene rings is 2. The van der Waals surface area contributed by atoms with E-state index in [9.17, 15) is 18.4 Å². The molecule has 0 bridgehead atoms. The maximum absolute atomic E-state index is 14.0. The van der Waals surface area contributed by atoms with Crippen LogP contribution in [-0.4, -0.2) is 67.8 Å². The van der Waals surface area contributed by atoms with Gasteiger partial charge in [0, 0.05) is 43.1 Å². The molecule has 0 aliphatic carbocycles. The van der Waals surface area contributed by atoms with Crippen molar-refractivity contribution in [2.45, 2.75) is 46.6 Å². The quantitative estimate of drug-likeness (QED) is 0.139. The van der Waals surface area contributed by atoms with Gasteiger partial charge >= 0.3 is 6.09 Å². The van der Waals surface area contributed by atoms with Crippen LogP contribution < -0.4 is 20.7 Å². The number of rotatable bonds is 8. The topological polar surface area (TPSA) is 119 Å². The van der Waals surface area contributed by atoms with E-state index in [4.69, 9.17) is 15.2 Å². The number of hydrogen-bond acceptors (Lipinski definition) is 10. The molecule has 2 aromatic carbocycles. The van der Waals surface area contributed by atoms with Crippen molar-refractivity contribution in [2.75, 3.05) is 56.3 Å². The summed E-state index contributed by atoms with van der Waals surface area (Å²) >= 11 is 1.10. The molecule has 1 saturated heterocycles. The van der Waals surface area contributed by atoms with Gasteiger partial charge in [0.2, 0.25) is 5.78 Å². The molecule has 0 unspecified atom stereocenters. The molecule has 10 nitrogen and oxygen atoms in total. The van der Waals surface area contributed by atoms with E-state index < -0.39 is 23.0 Å². The highest BCUT2D eigenvalue weighted by Crippen LogP contribution is 2.31. The number of methoxy groups -OCH3 is 2. The summed E-state index contributed by atoms with van der Waals surface area (Å²) in [5, 5.41) is 3.62. The van der Waals surface area contributed by atoms with Crippen LogP contribution in [0.4, 0.5) is 35.9 Å². The average Bonchev–Trinajstić information content (AvgIpc) is 3.39. The Balaban J connectivity index is 0.000000671. The van der Waals surface area contributed by atoms with Crippen molar-refractivity contribution < 1.29 is 32.6 Å². The molecule has 3 aromatic rings. The number of carbonyl (C=O) groups is 2. The Kier molecular flexibility index (Phi) is 14.7. The summed E-state index contributed by atoms with van der Waals surface area (Å²) in [5.74, 6) is -1.54. The van der Waals surface area contributed by atoms with Crippen LogP contribution >= 0.6 is 11.3 Å². The zero-order valence-electron chi connectivity index (χ0n) is 28.1. The van der Waals surface area contributed by atoms with Gasteiger partial charge in [0.25, 0.3) is 0 Å². The van der Waals surface area contributed by atoms with Gasteiger partial charge in [0.1, 0.15) is 22.1 Å². The van der Waals surface area contributed by atoms with Crippen molar-refractivity contribution in [1.29, 1.82) is 0 Å². The number of aromatic nitrogens is 1. The standard InChI is InChI=1S/C26H30FN5O4S.C5H7FO.C3H8/c1-26(2,3)36-25(34)32-13-11-31(12-14-32)18-8-6-17(7-9-18)29-24-30-23(28)22(37-24)21(33)16-5-10-20(35-4)19(27)15-16;1-4(6)5(2)7-3;1-3-2/h5-10,15H,11-14,28H2,1-4H3,(H,29,30);1-2H2,3H3;3H2,1-2H3. The van der Waals surface area contributed by atoms with E-state index in [-0.39, 0.29) is 33.9 Å². The molecule has 3 N–H and O–H groups in total. The van der Waals surface area contributed by atoms with E-state index in [1.807, 2.05) is 45.0 Å². The van der Waals surface area contributed by atoms with Crippen LogP contribution in [0.1, 0.15) is 56.3 Å². The first-order chi connectivity index (χ1) is 22.1. The Morgan fingerprint density at radius 1 is 1.04 bits per heavy atom. The number of halogens is 2. The minimum atomic E-state index is -0.624. The Morgan fingerprint density at radius 3 is 2.11 bits per heavy atom. The molecule has 1 fully saturated rings. The number of ether oxygens (including phenoxy) is 3. The van der Waals surface area contributed by atoms with Crippen molar-refractivity contribution >= 4 is 45.5 Å². The third-order valence-electron chi connectivity index (χ3n) is 6.24. The number of anilines is 4. The summed E-state index contributed by atoms with van der Waals surface area (Å²) < 4.78 is 40.4. The van der Waals surface area contributed by atoms with E-state index in [1.165, 1.54) is 32.8 Å². The molecular formula is C34H45F2N5O5S. The van der Waals surface area contributed by atoms with Gasteiger partial charge in [-0.1, -0.05) is 44.8 Å². The van der Waals surface area contributed by atoms with Crippen LogP contribution in [0.25, 0.3) is 0 Å². The number of amides is 1. The number of allylic oxidation sites excluding steroid dienone is 1. The van der Waals surface area contributed by atoms with Crippen molar-refractivity contribution in [3.05, 3.63) is 83.5 Å². The van der Waals surface area contributed by atoms with Crippen molar-refractivity contribution in [3.63, 3.8) is 0 Å². The van der Waals surface area contributed by atoms with E-state index in [0.717, 1.165) is 28.8 Å². The first-order valence-electron chi connectivity index (χ1n) is 15.0. The lowest BCUT2D eigenvalue weighted by Gasteiger charge is -2.36. The summed E-state index contributed by atoms with van der Waals surface area (Å²) in [6.45, 7) is 18.5. The second-order valence-corrected chi connectivity index (χ2v) is 12.3. The molecule has 256 valence electrons. The maximum atomic E-state index is 14.0. The molecule has 13 heteroatoms. The monoisotopic (exact) mass is 673 g/mol. The normalized spacial score (nSPS) is 12.4.